The van der Waals surface area contributed by atoms with E-state index in [4.69, 9.17) is 24.1 Å². The molecule has 4 rings (SSSR count). The van der Waals surface area contributed by atoms with E-state index in [-0.39, 0.29) is 43.1 Å². The van der Waals surface area contributed by atoms with Crippen LogP contribution < -0.4 is 15.4 Å². The van der Waals surface area contributed by atoms with Crippen molar-refractivity contribution in [3.63, 3.8) is 0 Å². The molecule has 3 N–H and O–H groups in total. The molecule has 3 aromatic carbocycles. The number of hydrogen-bond donors (Lipinski definition) is 3. The number of nitrogens with one attached hydrogen (secondary N) is 2. The Labute approximate surface area is 313 Å². The van der Waals surface area contributed by atoms with Crippen LogP contribution >= 0.6 is 0 Å². The van der Waals surface area contributed by atoms with Crippen molar-refractivity contribution in [1.82, 2.24) is 15.6 Å². The van der Waals surface area contributed by atoms with Gasteiger partial charge >= 0.3 is 24.1 Å². The molecule has 286 valence electrons. The fraction of sp³-hybridized carbons (Fsp3) is 0.205. The van der Waals surface area contributed by atoms with E-state index in [0.29, 0.717) is 11.1 Å². The molecule has 0 saturated carbocycles. The summed E-state index contributed by atoms with van der Waals surface area (Å²) in [5, 5.41) is 22.0. The Morgan fingerprint density at radius 2 is 1.67 bits per heavy atom. The Morgan fingerprint density at radius 1 is 0.964 bits per heavy atom. The molecule has 4 aromatic rings. The van der Waals surface area contributed by atoms with Crippen molar-refractivity contribution in [2.24, 2.45) is 0 Å². The van der Waals surface area contributed by atoms with Gasteiger partial charge in [0.2, 0.25) is 5.91 Å². The number of carbonyl (C=O) groups excluding carboxylic acids is 4. The fourth-order valence-corrected chi connectivity index (χ4v) is 4.58. The summed E-state index contributed by atoms with van der Waals surface area (Å²) in [4.78, 5) is 63.3. The Hall–Kier alpha value is -7.02. The number of methoxy groups -OCH3 is 1. The van der Waals surface area contributed by atoms with Crippen molar-refractivity contribution in [2.45, 2.75) is 38.6 Å². The lowest BCUT2D eigenvalue weighted by atomic mass is 10.0. The third kappa shape index (κ3) is 14.5. The Kier molecular flexibility index (Phi) is 16.1. The van der Waals surface area contributed by atoms with E-state index in [2.05, 4.69) is 15.6 Å². The molecule has 0 spiro atoms. The molecule has 1 atom stereocenters. The molecule has 55 heavy (non-hydrogen) atoms. The zero-order chi connectivity index (χ0) is 40.4. The van der Waals surface area contributed by atoms with Crippen LogP contribution in [0.4, 0.5) is 13.2 Å². The van der Waals surface area contributed by atoms with E-state index in [0.717, 1.165) is 16.7 Å². The van der Waals surface area contributed by atoms with Gasteiger partial charge in [-0.3, -0.25) is 19.4 Å². The summed E-state index contributed by atoms with van der Waals surface area (Å²) in [6, 6.07) is 25.9. The Bertz CT molecular complexity index is 2030. The van der Waals surface area contributed by atoms with Crippen molar-refractivity contribution >= 4 is 35.8 Å². The Morgan fingerprint density at radius 3 is 2.29 bits per heavy atom. The number of aromatic nitrogens is 1. The van der Waals surface area contributed by atoms with Gasteiger partial charge in [0.25, 0.3) is 5.91 Å². The first kappa shape index (κ1) is 42.4. The predicted molar refractivity (Wildman–Crippen MR) is 191 cm³/mol. The van der Waals surface area contributed by atoms with Gasteiger partial charge in [-0.05, 0) is 60.0 Å². The molecular formula is C39H35F3N4O9. The number of pyridine rings is 1. The van der Waals surface area contributed by atoms with Crippen LogP contribution in [0.5, 0.6) is 5.75 Å². The number of benzene rings is 3. The summed E-state index contributed by atoms with van der Waals surface area (Å²) in [7, 11) is 1.18. The van der Waals surface area contributed by atoms with E-state index in [1.54, 1.807) is 42.7 Å². The molecule has 16 heteroatoms. The molecule has 0 aliphatic heterocycles. The first-order chi connectivity index (χ1) is 26.2. The second-order valence-corrected chi connectivity index (χ2v) is 11.4. The van der Waals surface area contributed by atoms with Gasteiger partial charge in [-0.2, -0.15) is 18.4 Å². The summed E-state index contributed by atoms with van der Waals surface area (Å²) in [6.45, 7) is 1.25. The zero-order valence-corrected chi connectivity index (χ0v) is 29.5. The molecule has 2 amide bonds. The minimum absolute atomic E-state index is 0.0170. The molecule has 0 fully saturated rings. The highest BCUT2D eigenvalue weighted by Gasteiger charge is 2.38. The molecule has 0 saturated heterocycles. The topological polar surface area (TPSA) is 194 Å². The number of alkyl halides is 3. The van der Waals surface area contributed by atoms with E-state index in [1.807, 2.05) is 48.5 Å². The molecule has 0 unspecified atom stereocenters. The number of carbonyl (C=O) groups is 5. The number of rotatable bonds is 14. The number of amides is 2. The molecule has 1 heterocycles. The average Bonchev–Trinajstić information content (AvgIpc) is 3.18. The molecule has 0 aliphatic rings. The monoisotopic (exact) mass is 760 g/mol. The van der Waals surface area contributed by atoms with Crippen LogP contribution in [0.2, 0.25) is 0 Å². The van der Waals surface area contributed by atoms with Gasteiger partial charge in [0.05, 0.1) is 24.8 Å². The number of carboxylic acid groups (broad SMARTS) is 1. The van der Waals surface area contributed by atoms with Crippen molar-refractivity contribution in [2.75, 3.05) is 13.7 Å². The number of ether oxygens (including phenoxy) is 3. The van der Waals surface area contributed by atoms with Crippen LogP contribution in [-0.4, -0.2) is 65.7 Å². The average molecular weight is 761 g/mol. The van der Waals surface area contributed by atoms with Crippen LogP contribution in [0.25, 0.3) is 17.2 Å². The maximum atomic E-state index is 13.5. The maximum Gasteiger partial charge on any atom is 0.490 e. The summed E-state index contributed by atoms with van der Waals surface area (Å²) in [6.07, 6.45) is -0.198. The SMILES string of the molecule is COC(=O)C(=Cc1ccc(C#N)cc1OC[C@@H](CCC(=O)OCc1ccccc1)NC(=O)c1cccc(-c2cccnc2)c1)NC(C)=O.O=C(O)C(F)(F)F. The zero-order valence-electron chi connectivity index (χ0n) is 29.5. The van der Waals surface area contributed by atoms with Crippen molar-refractivity contribution < 1.29 is 56.5 Å². The van der Waals surface area contributed by atoms with Gasteiger partial charge in [0, 0.05) is 42.4 Å². The van der Waals surface area contributed by atoms with Crippen LogP contribution in [0.15, 0.2) is 103 Å². The normalized spacial score (nSPS) is 11.4. The van der Waals surface area contributed by atoms with Crippen LogP contribution in [0.1, 0.15) is 46.8 Å². The molecule has 13 nitrogen and oxygen atoms in total. The highest BCUT2D eigenvalue weighted by molar-refractivity contribution is 5.98. The summed E-state index contributed by atoms with van der Waals surface area (Å²) in [5.74, 6) is -4.68. The fourth-order valence-electron chi connectivity index (χ4n) is 4.58. The second-order valence-electron chi connectivity index (χ2n) is 11.4. The Balaban J connectivity index is 0.00000106. The molecular weight excluding hydrogens is 725 g/mol. The van der Waals surface area contributed by atoms with Gasteiger partial charge in [0.1, 0.15) is 24.7 Å². The van der Waals surface area contributed by atoms with Crippen molar-refractivity contribution in [3.8, 4) is 22.9 Å². The summed E-state index contributed by atoms with van der Waals surface area (Å²) in [5.41, 5.74) is 3.38. The molecule has 0 bridgehead atoms. The van der Waals surface area contributed by atoms with E-state index in [1.165, 1.54) is 32.2 Å². The first-order valence-corrected chi connectivity index (χ1v) is 16.3. The third-order valence-corrected chi connectivity index (χ3v) is 7.24. The van der Waals surface area contributed by atoms with Gasteiger partial charge in [0.15, 0.2) is 0 Å². The summed E-state index contributed by atoms with van der Waals surface area (Å²) >= 11 is 0. The predicted octanol–water partition coefficient (Wildman–Crippen LogP) is 5.60. The van der Waals surface area contributed by atoms with Gasteiger partial charge < -0.3 is 30.0 Å². The van der Waals surface area contributed by atoms with Crippen molar-refractivity contribution in [1.29, 1.82) is 5.26 Å². The quantitative estimate of drug-likeness (QED) is 0.107. The summed E-state index contributed by atoms with van der Waals surface area (Å²) < 4.78 is 48.1. The van der Waals surface area contributed by atoms with E-state index < -0.39 is 41.9 Å². The highest BCUT2D eigenvalue weighted by atomic mass is 19.4. The molecule has 1 aromatic heterocycles. The number of aliphatic carboxylic acids is 1. The van der Waals surface area contributed by atoms with Crippen molar-refractivity contribution in [3.05, 3.63) is 125 Å². The standard InChI is InChI=1S/C37H34N4O7.C2HF3O2/c1-25(42)40-33(37(45)46-2)20-29-14-13-27(21-38)18-34(29)47-24-32(15-16-35(43)48-23-26-8-4-3-5-9-26)41-36(44)30-11-6-10-28(19-30)31-12-7-17-39-22-31;3-2(4,5)1(6)7/h3-14,17-20,22,32H,15-16,23-24H2,1-2H3,(H,40,42)(H,41,44);(H,6,7)/t32-;/m1./s1. The number of carboxylic acids is 1. The van der Waals surface area contributed by atoms with Gasteiger partial charge in [-0.1, -0.05) is 48.5 Å². The third-order valence-electron chi connectivity index (χ3n) is 7.24. The minimum Gasteiger partial charge on any atom is -0.491 e. The van der Waals surface area contributed by atoms with Crippen LogP contribution in [0, 0.1) is 11.3 Å². The number of hydrogen-bond acceptors (Lipinski definition) is 10. The lowest BCUT2D eigenvalue weighted by Gasteiger charge is -2.20. The highest BCUT2D eigenvalue weighted by Crippen LogP contribution is 2.24. The maximum absolute atomic E-state index is 13.5. The lowest BCUT2D eigenvalue weighted by Crippen LogP contribution is -2.39. The second kappa shape index (κ2) is 20.9. The van der Waals surface area contributed by atoms with Gasteiger partial charge in [-0.25, -0.2) is 9.59 Å². The smallest absolute Gasteiger partial charge is 0.490 e. The van der Waals surface area contributed by atoms with Gasteiger partial charge in [-0.15, -0.1) is 0 Å². The minimum atomic E-state index is -5.08. The number of esters is 2. The number of halogens is 3. The first-order valence-electron chi connectivity index (χ1n) is 16.3. The molecule has 0 radical (unpaired) electrons. The van der Waals surface area contributed by atoms with Crippen LogP contribution in [-0.2, 0) is 35.3 Å². The van der Waals surface area contributed by atoms with Crippen LogP contribution in [0.3, 0.4) is 0 Å². The number of nitriles is 1. The molecule has 0 aliphatic carbocycles. The largest absolute Gasteiger partial charge is 0.491 e. The number of nitrogens with zero attached hydrogens (tertiary/aromatic N) is 2. The lowest BCUT2D eigenvalue weighted by molar-refractivity contribution is -0.192. The van der Waals surface area contributed by atoms with E-state index >= 15 is 0 Å². The van der Waals surface area contributed by atoms with E-state index in [9.17, 15) is 37.6 Å².